The lowest BCUT2D eigenvalue weighted by molar-refractivity contribution is -0.670. The molecule has 6 nitrogen and oxygen atoms in total. The maximum Gasteiger partial charge on any atom is 0.231 e. The number of amides is 1. The van der Waals surface area contributed by atoms with E-state index in [1.165, 1.54) is 41.1 Å². The van der Waals surface area contributed by atoms with Crippen LogP contribution in [0.5, 0.6) is 17.2 Å². The quantitative estimate of drug-likeness (QED) is 0.278. The van der Waals surface area contributed by atoms with Crippen LogP contribution < -0.4 is 24.1 Å². The van der Waals surface area contributed by atoms with Crippen molar-refractivity contribution in [2.24, 2.45) is 23.2 Å². The van der Waals surface area contributed by atoms with Gasteiger partial charge in [0.05, 0.1) is 34.4 Å². The van der Waals surface area contributed by atoms with Gasteiger partial charge in [0, 0.05) is 17.2 Å². The Balaban J connectivity index is 1.23. The van der Waals surface area contributed by atoms with Gasteiger partial charge >= 0.3 is 0 Å². The molecule has 6 aliphatic rings. The van der Waals surface area contributed by atoms with Crippen molar-refractivity contribution in [1.29, 1.82) is 0 Å². The zero-order valence-corrected chi connectivity index (χ0v) is 21.6. The highest BCUT2D eigenvalue weighted by Gasteiger charge is 2.54. The number of ether oxygens (including phenoxy) is 3. The van der Waals surface area contributed by atoms with Crippen LogP contribution in [0.3, 0.4) is 0 Å². The smallest absolute Gasteiger partial charge is 0.231 e. The summed E-state index contributed by atoms with van der Waals surface area (Å²) in [7, 11) is 1.70. The molecule has 192 valence electrons. The second-order valence-corrected chi connectivity index (χ2v) is 12.5. The van der Waals surface area contributed by atoms with Crippen LogP contribution in [0.25, 0.3) is 32.4 Å². The second-order valence-electron chi connectivity index (χ2n) is 12.5. The first-order valence-corrected chi connectivity index (χ1v) is 14.1. The van der Waals surface area contributed by atoms with Gasteiger partial charge in [-0.05, 0) is 92.2 Å². The zero-order valence-electron chi connectivity index (χ0n) is 21.6. The third-order valence-corrected chi connectivity index (χ3v) is 10.4. The number of aryl methyl sites for hydroxylation is 2. The Morgan fingerprint density at radius 1 is 0.974 bits per heavy atom. The van der Waals surface area contributed by atoms with Crippen molar-refractivity contribution in [1.82, 2.24) is 0 Å². The average Bonchev–Trinajstić information content (AvgIpc) is 3.39. The number of rotatable bonds is 3. The van der Waals surface area contributed by atoms with Crippen molar-refractivity contribution in [2.75, 3.05) is 19.2 Å². The van der Waals surface area contributed by atoms with Gasteiger partial charge in [0.1, 0.15) is 5.75 Å². The number of aromatic nitrogens is 1. The molecule has 0 radical (unpaired) electrons. The highest BCUT2D eigenvalue weighted by molar-refractivity contribution is 6.19. The number of nitrogens with one attached hydrogen (secondary N) is 1. The van der Waals surface area contributed by atoms with Crippen LogP contribution in [0.4, 0.5) is 5.69 Å². The lowest BCUT2D eigenvalue weighted by Crippen LogP contribution is -2.51. The van der Waals surface area contributed by atoms with Crippen LogP contribution in [-0.4, -0.2) is 19.8 Å². The van der Waals surface area contributed by atoms with Crippen molar-refractivity contribution < 1.29 is 23.6 Å². The number of nitrogens with zero attached hydrogens (tertiary/aromatic N) is 1. The number of carbonyl (C=O) groups is 1. The number of carbonyl (C=O) groups excluding carboxylic acids is 1. The number of fused-ring (bicyclic) bond motifs is 4. The predicted octanol–water partition coefficient (Wildman–Crippen LogP) is 5.88. The van der Waals surface area contributed by atoms with E-state index < -0.39 is 0 Å². The minimum atomic E-state index is -0.215. The van der Waals surface area contributed by atoms with Gasteiger partial charge in [-0.1, -0.05) is 0 Å². The molecule has 4 bridgehead atoms. The van der Waals surface area contributed by atoms with E-state index >= 15 is 0 Å². The minimum Gasteiger partial charge on any atom is -0.495 e. The van der Waals surface area contributed by atoms with Crippen molar-refractivity contribution in [3.8, 4) is 17.2 Å². The van der Waals surface area contributed by atoms with E-state index in [1.807, 2.05) is 6.07 Å². The molecule has 2 aliphatic heterocycles. The van der Waals surface area contributed by atoms with Gasteiger partial charge < -0.3 is 19.5 Å². The van der Waals surface area contributed by atoms with Crippen LogP contribution in [0.1, 0.15) is 44.1 Å². The highest BCUT2D eigenvalue weighted by atomic mass is 16.7. The zero-order chi connectivity index (χ0) is 25.2. The summed E-state index contributed by atoms with van der Waals surface area (Å²) in [6.07, 6.45) is 10.3. The summed E-state index contributed by atoms with van der Waals surface area (Å²) < 4.78 is 19.8. The van der Waals surface area contributed by atoms with Crippen LogP contribution in [-0.2, 0) is 17.8 Å². The number of methoxy groups -OCH3 is 1. The summed E-state index contributed by atoms with van der Waals surface area (Å²) in [5, 5.41) is 9.16. The largest absolute Gasteiger partial charge is 0.495 e. The average molecular weight is 508 g/mol. The van der Waals surface area contributed by atoms with Gasteiger partial charge in [0.25, 0.3) is 0 Å². The van der Waals surface area contributed by atoms with Gasteiger partial charge in [-0.15, -0.1) is 0 Å². The van der Waals surface area contributed by atoms with E-state index in [0.29, 0.717) is 0 Å². The summed E-state index contributed by atoms with van der Waals surface area (Å²) in [6.45, 7) is 1.15. The maximum absolute atomic E-state index is 14.1. The van der Waals surface area contributed by atoms with Crippen molar-refractivity contribution >= 4 is 44.0 Å². The number of pyridine rings is 1. The SMILES string of the molecule is COc1ccc2c(c[n+]3c4c2ccc2c5c(cc(c24)CC3)OCO5)c1NC(=O)C12CC3CC(CC(C3)C1)C2. The highest BCUT2D eigenvalue weighted by Crippen LogP contribution is 2.60. The molecule has 6 heteroatoms. The van der Waals surface area contributed by atoms with E-state index in [-0.39, 0.29) is 18.1 Å². The molecule has 4 aromatic rings. The number of hydrogen-bond donors (Lipinski definition) is 1. The van der Waals surface area contributed by atoms with E-state index in [0.717, 1.165) is 89.1 Å². The van der Waals surface area contributed by atoms with Gasteiger partial charge in [0.15, 0.2) is 24.2 Å². The molecule has 3 heterocycles. The second kappa shape index (κ2) is 7.31. The summed E-state index contributed by atoms with van der Waals surface area (Å²) in [6, 6.07) is 10.7. The summed E-state index contributed by atoms with van der Waals surface area (Å²) in [5.74, 6) is 4.80. The molecule has 3 aromatic carbocycles. The summed E-state index contributed by atoms with van der Waals surface area (Å²) in [4.78, 5) is 14.1. The molecule has 4 fully saturated rings. The van der Waals surface area contributed by atoms with Crippen LogP contribution >= 0.6 is 0 Å². The fraction of sp³-hybridized carbons (Fsp3) is 0.438. The Morgan fingerprint density at radius 2 is 1.71 bits per heavy atom. The first kappa shape index (κ1) is 21.4. The Hall–Kier alpha value is -3.54. The molecule has 1 N–H and O–H groups in total. The third-order valence-electron chi connectivity index (χ3n) is 10.4. The molecule has 0 spiro atoms. The van der Waals surface area contributed by atoms with Gasteiger partial charge in [-0.3, -0.25) is 4.79 Å². The first-order valence-electron chi connectivity index (χ1n) is 14.1. The first-order chi connectivity index (χ1) is 18.6. The van der Waals surface area contributed by atoms with Crippen LogP contribution in [0.2, 0.25) is 0 Å². The molecule has 38 heavy (non-hydrogen) atoms. The fourth-order valence-electron chi connectivity index (χ4n) is 9.19. The molecular weight excluding hydrogens is 476 g/mol. The topological polar surface area (TPSA) is 60.7 Å². The van der Waals surface area contributed by atoms with Crippen LogP contribution in [0, 0.1) is 23.2 Å². The molecule has 1 amide bonds. The van der Waals surface area contributed by atoms with E-state index in [1.54, 1.807) is 7.11 Å². The number of benzene rings is 3. The lowest BCUT2D eigenvalue weighted by Gasteiger charge is -2.55. The van der Waals surface area contributed by atoms with Gasteiger partial charge in [-0.25, -0.2) is 0 Å². The molecule has 0 atom stereocenters. The minimum absolute atomic E-state index is 0.203. The number of hydrogen-bond acceptors (Lipinski definition) is 4. The van der Waals surface area contributed by atoms with E-state index in [2.05, 4.69) is 40.3 Å². The number of anilines is 1. The molecule has 10 rings (SSSR count). The van der Waals surface area contributed by atoms with Gasteiger partial charge in [-0.2, -0.15) is 4.57 Å². The molecule has 4 saturated carbocycles. The molecule has 1 aromatic heterocycles. The molecular formula is C32H31N2O4+. The Labute approximate surface area is 220 Å². The summed E-state index contributed by atoms with van der Waals surface area (Å²) >= 11 is 0. The predicted molar refractivity (Wildman–Crippen MR) is 145 cm³/mol. The lowest BCUT2D eigenvalue weighted by atomic mass is 9.49. The fourth-order valence-corrected chi connectivity index (χ4v) is 9.19. The monoisotopic (exact) mass is 507 g/mol. The normalized spacial score (nSPS) is 28.1. The molecule has 4 aliphatic carbocycles. The maximum atomic E-state index is 14.1. The Morgan fingerprint density at radius 3 is 2.47 bits per heavy atom. The molecule has 0 unspecified atom stereocenters. The Bertz CT molecular complexity index is 1690. The van der Waals surface area contributed by atoms with Crippen molar-refractivity contribution in [2.45, 2.75) is 51.5 Å². The van der Waals surface area contributed by atoms with Crippen molar-refractivity contribution in [3.05, 3.63) is 42.1 Å². The van der Waals surface area contributed by atoms with E-state index in [9.17, 15) is 4.79 Å². The summed E-state index contributed by atoms with van der Waals surface area (Å²) in [5.41, 5.74) is 3.12. The standard InChI is InChI=1S/C32H30N2O4/c1-36-25-5-4-21-22-2-3-23-27-20(11-26-30(23)38-16-37-26)6-7-34(29(22)27)15-24(21)28(25)33-31(35)32-12-17-8-18(13-32)10-19(9-17)14-32/h2-5,11,15,17-19H,6-10,12-14,16H2,1H3/p+1. The van der Waals surface area contributed by atoms with Crippen LogP contribution in [0.15, 0.2) is 36.5 Å². The Kier molecular flexibility index (Phi) is 4.12. The van der Waals surface area contributed by atoms with Gasteiger partial charge in [0.2, 0.25) is 18.2 Å². The van der Waals surface area contributed by atoms with E-state index in [4.69, 9.17) is 14.2 Å². The van der Waals surface area contributed by atoms with Crippen molar-refractivity contribution in [3.63, 3.8) is 0 Å². The third kappa shape index (κ3) is 2.73. The molecule has 0 saturated heterocycles.